The number of benzene rings is 1. The molecule has 3 rings (SSSR count). The van der Waals surface area contributed by atoms with E-state index in [4.69, 9.17) is 4.74 Å². The summed E-state index contributed by atoms with van der Waals surface area (Å²) in [4.78, 5) is 0. The average molecular weight is 210 g/mol. The van der Waals surface area contributed by atoms with Crippen LogP contribution in [0.25, 0.3) is 0 Å². The highest BCUT2D eigenvalue weighted by atomic mass is 16.5. The van der Waals surface area contributed by atoms with Crippen molar-refractivity contribution < 1.29 is 4.74 Å². The van der Waals surface area contributed by atoms with Gasteiger partial charge in [0.05, 0.1) is 23.3 Å². The van der Waals surface area contributed by atoms with Crippen LogP contribution in [0.15, 0.2) is 48.4 Å². The number of ether oxygens (including phenoxy) is 1. The fraction of sp³-hybridized carbons (Fsp3) is 0.154. The lowest BCUT2D eigenvalue weighted by Gasteiger charge is -2.26. The molecule has 0 radical (unpaired) electrons. The quantitative estimate of drug-likeness (QED) is 0.714. The average Bonchev–Trinajstić information content (AvgIpc) is 2.71. The Bertz CT molecular complexity index is 539. The summed E-state index contributed by atoms with van der Waals surface area (Å²) in [5.74, 6) is 0. The highest BCUT2D eigenvalue weighted by molar-refractivity contribution is 5.67. The molecule has 1 spiro atoms. The summed E-state index contributed by atoms with van der Waals surface area (Å²) in [7, 11) is 0. The third-order valence-corrected chi connectivity index (χ3v) is 3.18. The highest BCUT2D eigenvalue weighted by Crippen LogP contribution is 2.44. The van der Waals surface area contributed by atoms with E-state index in [0.29, 0.717) is 12.1 Å². The van der Waals surface area contributed by atoms with Gasteiger partial charge in [-0.25, -0.2) is 0 Å². The maximum absolute atomic E-state index is 9.18. The Morgan fingerprint density at radius 3 is 3.12 bits per heavy atom. The van der Waals surface area contributed by atoms with Crippen LogP contribution in [0.2, 0.25) is 0 Å². The smallest absolute Gasteiger partial charge is 0.105 e. The topological polar surface area (TPSA) is 45.0 Å². The van der Waals surface area contributed by atoms with Crippen LogP contribution in [-0.4, -0.2) is 6.54 Å². The number of para-hydroxylation sites is 1. The molecule has 0 saturated carbocycles. The van der Waals surface area contributed by atoms with Crippen molar-refractivity contribution in [2.24, 2.45) is 0 Å². The van der Waals surface area contributed by atoms with Gasteiger partial charge in [0.2, 0.25) is 0 Å². The van der Waals surface area contributed by atoms with Gasteiger partial charge in [-0.3, -0.25) is 0 Å². The van der Waals surface area contributed by atoms with E-state index in [9.17, 15) is 5.26 Å². The summed E-state index contributed by atoms with van der Waals surface area (Å²) < 4.78 is 5.08. The second kappa shape index (κ2) is 3.14. The molecule has 3 nitrogen and oxygen atoms in total. The van der Waals surface area contributed by atoms with Crippen molar-refractivity contribution in [3.8, 4) is 6.07 Å². The van der Waals surface area contributed by atoms with Crippen molar-refractivity contribution >= 4 is 5.69 Å². The van der Waals surface area contributed by atoms with E-state index < -0.39 is 0 Å². The van der Waals surface area contributed by atoms with E-state index in [-0.39, 0.29) is 5.41 Å². The van der Waals surface area contributed by atoms with Crippen LogP contribution in [-0.2, 0) is 10.2 Å². The van der Waals surface area contributed by atoms with Gasteiger partial charge in [-0.1, -0.05) is 18.2 Å². The molecule has 1 N–H and O–H groups in total. The molecule has 2 aliphatic rings. The standard InChI is InChI=1S/C13H10N2O/c14-7-10-8-16-6-5-13(10)9-15-12-4-2-1-3-11(12)13/h1-6,8,15H,9H2. The molecule has 1 atom stereocenters. The lowest BCUT2D eigenvalue weighted by Crippen LogP contribution is -2.29. The van der Waals surface area contributed by atoms with Crippen molar-refractivity contribution in [3.63, 3.8) is 0 Å². The van der Waals surface area contributed by atoms with Crippen LogP contribution in [0, 0.1) is 11.3 Å². The second-order valence-electron chi connectivity index (χ2n) is 3.95. The van der Waals surface area contributed by atoms with Gasteiger partial charge in [-0.05, 0) is 17.7 Å². The Morgan fingerprint density at radius 2 is 2.25 bits per heavy atom. The lowest BCUT2D eigenvalue weighted by molar-refractivity contribution is 0.373. The largest absolute Gasteiger partial charge is 0.472 e. The zero-order valence-electron chi connectivity index (χ0n) is 8.60. The van der Waals surface area contributed by atoms with E-state index >= 15 is 0 Å². The number of nitrogens with one attached hydrogen (secondary N) is 1. The highest BCUT2D eigenvalue weighted by Gasteiger charge is 2.41. The number of nitriles is 1. The third kappa shape index (κ3) is 1.01. The Hall–Kier alpha value is -2.21. The van der Waals surface area contributed by atoms with Crippen LogP contribution in [0.3, 0.4) is 0 Å². The van der Waals surface area contributed by atoms with Crippen LogP contribution in [0.4, 0.5) is 5.69 Å². The van der Waals surface area contributed by atoms with Crippen molar-refractivity contribution in [3.05, 3.63) is 54.0 Å². The predicted octanol–water partition coefficient (Wildman–Crippen LogP) is 2.30. The molecular formula is C13H10N2O. The first-order chi connectivity index (χ1) is 7.87. The molecule has 0 aliphatic carbocycles. The lowest BCUT2D eigenvalue weighted by atomic mass is 9.76. The number of hydrogen-bond acceptors (Lipinski definition) is 3. The molecule has 0 fully saturated rings. The molecule has 2 heterocycles. The molecule has 1 unspecified atom stereocenters. The summed E-state index contributed by atoms with van der Waals surface area (Å²) in [6.07, 6.45) is 5.12. The molecule has 78 valence electrons. The van der Waals surface area contributed by atoms with Gasteiger partial charge in [0.15, 0.2) is 0 Å². The van der Waals surface area contributed by atoms with Crippen LogP contribution >= 0.6 is 0 Å². The number of hydrogen-bond donors (Lipinski definition) is 1. The van der Waals surface area contributed by atoms with E-state index in [1.54, 1.807) is 6.26 Å². The van der Waals surface area contributed by atoms with Crippen LogP contribution < -0.4 is 5.32 Å². The molecule has 0 bridgehead atoms. The molecule has 16 heavy (non-hydrogen) atoms. The first-order valence-electron chi connectivity index (χ1n) is 5.14. The minimum atomic E-state index is -0.344. The van der Waals surface area contributed by atoms with E-state index in [2.05, 4.69) is 17.5 Å². The van der Waals surface area contributed by atoms with Gasteiger partial charge in [-0.15, -0.1) is 0 Å². The monoisotopic (exact) mass is 210 g/mol. The Morgan fingerprint density at radius 1 is 1.38 bits per heavy atom. The summed E-state index contributed by atoms with van der Waals surface area (Å²) in [6, 6.07) is 10.3. The Balaban J connectivity index is 2.21. The van der Waals surface area contributed by atoms with Gasteiger partial charge < -0.3 is 10.1 Å². The van der Waals surface area contributed by atoms with E-state index in [0.717, 1.165) is 11.3 Å². The zero-order valence-corrected chi connectivity index (χ0v) is 8.60. The van der Waals surface area contributed by atoms with Gasteiger partial charge in [0, 0.05) is 12.2 Å². The number of nitrogens with zero attached hydrogens (tertiary/aromatic N) is 1. The predicted molar refractivity (Wildman–Crippen MR) is 60.5 cm³/mol. The maximum Gasteiger partial charge on any atom is 0.105 e. The van der Waals surface area contributed by atoms with Gasteiger partial charge in [0.1, 0.15) is 6.26 Å². The van der Waals surface area contributed by atoms with E-state index in [1.807, 2.05) is 24.3 Å². The van der Waals surface area contributed by atoms with Gasteiger partial charge in [0.25, 0.3) is 0 Å². The summed E-state index contributed by atoms with van der Waals surface area (Å²) >= 11 is 0. The Kier molecular flexibility index (Phi) is 1.78. The van der Waals surface area contributed by atoms with Gasteiger partial charge in [-0.2, -0.15) is 5.26 Å². The molecule has 0 amide bonds. The van der Waals surface area contributed by atoms with Gasteiger partial charge >= 0.3 is 0 Å². The normalized spacial score (nSPS) is 25.3. The van der Waals surface area contributed by atoms with Crippen molar-refractivity contribution in [1.82, 2.24) is 0 Å². The SMILES string of the molecule is N#CC1=COC=CC12CNc1ccccc12. The molecule has 1 aromatic carbocycles. The zero-order chi connectivity index (χ0) is 11.0. The summed E-state index contributed by atoms with van der Waals surface area (Å²) in [6.45, 7) is 0.714. The fourth-order valence-corrected chi connectivity index (χ4v) is 2.33. The van der Waals surface area contributed by atoms with Crippen LogP contribution in [0.1, 0.15) is 5.56 Å². The van der Waals surface area contributed by atoms with E-state index in [1.165, 1.54) is 6.26 Å². The first-order valence-corrected chi connectivity index (χ1v) is 5.14. The van der Waals surface area contributed by atoms with Crippen molar-refractivity contribution in [2.45, 2.75) is 5.41 Å². The Labute approximate surface area is 93.7 Å². The molecule has 0 aromatic heterocycles. The third-order valence-electron chi connectivity index (χ3n) is 3.18. The van der Waals surface area contributed by atoms with Crippen molar-refractivity contribution in [1.29, 1.82) is 5.26 Å². The fourth-order valence-electron chi connectivity index (χ4n) is 2.33. The second-order valence-corrected chi connectivity index (χ2v) is 3.95. The maximum atomic E-state index is 9.18. The number of rotatable bonds is 0. The molecule has 3 heteroatoms. The minimum Gasteiger partial charge on any atom is -0.472 e. The minimum absolute atomic E-state index is 0.344. The summed E-state index contributed by atoms with van der Waals surface area (Å²) in [5.41, 5.74) is 2.54. The first kappa shape index (κ1) is 9.05. The molecular weight excluding hydrogens is 200 g/mol. The molecule has 0 saturated heterocycles. The van der Waals surface area contributed by atoms with Crippen molar-refractivity contribution in [2.75, 3.05) is 11.9 Å². The molecule has 1 aromatic rings. The number of fused-ring (bicyclic) bond motifs is 2. The summed E-state index contributed by atoms with van der Waals surface area (Å²) in [5, 5.41) is 12.5. The van der Waals surface area contributed by atoms with Crippen LogP contribution in [0.5, 0.6) is 0 Å². The molecule has 2 aliphatic heterocycles. The number of anilines is 1.